The van der Waals surface area contributed by atoms with Crippen molar-refractivity contribution in [3.05, 3.63) is 144 Å². The van der Waals surface area contributed by atoms with Gasteiger partial charge in [0, 0.05) is 30.7 Å². The maximum Gasteiger partial charge on any atom is 0.130 e. The molecule has 0 spiro atoms. The van der Waals surface area contributed by atoms with E-state index in [9.17, 15) is 9.59 Å². The van der Waals surface area contributed by atoms with Crippen LogP contribution in [0, 0.1) is 11.8 Å². The van der Waals surface area contributed by atoms with Crippen molar-refractivity contribution in [2.45, 2.75) is 153 Å². The molecule has 4 rings (SSSR count). The number of H-pyrrole nitrogens is 1. The Labute approximate surface area is 378 Å². The van der Waals surface area contributed by atoms with E-state index in [0.717, 1.165) is 59.6 Å². The van der Waals surface area contributed by atoms with E-state index in [1.807, 2.05) is 77.2 Å². The van der Waals surface area contributed by atoms with Crippen molar-refractivity contribution in [3.63, 3.8) is 0 Å². The van der Waals surface area contributed by atoms with Crippen LogP contribution in [0.4, 0.5) is 0 Å². The second-order valence-corrected chi connectivity index (χ2v) is 15.4. The molecule has 0 amide bonds. The van der Waals surface area contributed by atoms with Crippen molar-refractivity contribution >= 4 is 17.8 Å². The summed E-state index contributed by atoms with van der Waals surface area (Å²) in [6.07, 6.45) is 20.8. The number of nitrogens with two attached hydrogens (primary N) is 1. The molecule has 1 aromatic heterocycles. The van der Waals surface area contributed by atoms with E-state index >= 15 is 0 Å². The molecule has 3 atom stereocenters. The number of rotatable bonds is 21. The van der Waals surface area contributed by atoms with E-state index in [0.29, 0.717) is 30.6 Å². The Kier molecular flexibility index (Phi) is 32.4. The third-order valence-corrected chi connectivity index (χ3v) is 10.2. The number of nitrogens with zero attached hydrogens (tertiary/aromatic N) is 1. The van der Waals surface area contributed by atoms with Crippen LogP contribution in [0.15, 0.2) is 127 Å². The van der Waals surface area contributed by atoms with Gasteiger partial charge in [0.25, 0.3) is 0 Å². The van der Waals surface area contributed by atoms with Crippen molar-refractivity contribution in [1.82, 2.24) is 15.3 Å². The summed E-state index contributed by atoms with van der Waals surface area (Å²) >= 11 is 0. The Morgan fingerprint density at radius 2 is 1.40 bits per heavy atom. The van der Waals surface area contributed by atoms with E-state index in [4.69, 9.17) is 5.73 Å². The molecule has 3 aromatic carbocycles. The molecule has 6 nitrogen and oxygen atoms in total. The molecule has 6 heteroatoms. The van der Waals surface area contributed by atoms with Crippen LogP contribution in [-0.2, 0) is 16.0 Å². The molecule has 0 radical (unpaired) electrons. The molecule has 340 valence electrons. The second-order valence-electron chi connectivity index (χ2n) is 15.4. The van der Waals surface area contributed by atoms with E-state index in [-0.39, 0.29) is 5.78 Å². The summed E-state index contributed by atoms with van der Waals surface area (Å²) in [5, 5.41) is 3.43. The third kappa shape index (κ3) is 23.1. The Hall–Kier alpha value is -5.23. The van der Waals surface area contributed by atoms with Crippen LogP contribution in [-0.4, -0.2) is 22.0 Å². The topological polar surface area (TPSA) is 101 Å². The highest BCUT2D eigenvalue weighted by Gasteiger charge is 2.12. The lowest BCUT2D eigenvalue weighted by Crippen LogP contribution is -2.17. The van der Waals surface area contributed by atoms with Gasteiger partial charge in [0.15, 0.2) is 0 Å². The van der Waals surface area contributed by atoms with Crippen molar-refractivity contribution < 1.29 is 9.59 Å². The summed E-state index contributed by atoms with van der Waals surface area (Å²) in [5.41, 5.74) is 16.0. The van der Waals surface area contributed by atoms with E-state index in [1.54, 1.807) is 13.1 Å². The predicted molar refractivity (Wildman–Crippen MR) is 272 cm³/mol. The zero-order valence-corrected chi connectivity index (χ0v) is 40.8. The quantitative estimate of drug-likeness (QED) is 0.0573. The summed E-state index contributed by atoms with van der Waals surface area (Å²) in [7, 11) is 0. The number of allylic oxidation sites excluding steroid dienone is 5. The number of hydrogen-bond donors (Lipinski definition) is 3. The van der Waals surface area contributed by atoms with E-state index < -0.39 is 0 Å². The lowest BCUT2D eigenvalue weighted by atomic mass is 9.97. The van der Waals surface area contributed by atoms with Crippen molar-refractivity contribution in [2.24, 2.45) is 17.6 Å². The van der Waals surface area contributed by atoms with Gasteiger partial charge in [-0.05, 0) is 79.2 Å². The SMILES string of the molecule is C/C=C\C=C(/CC)CC=O.C=C(N/C(=C\N)c1ccc(-c2ccc(-c3cnc([C@@H](C)CCCC)[nH]3)cc2)cc1)[C@@H](C)CCCC.CC.CC.CC(=O)C[C@@H](C)Cc1ccccc1. The number of ketones is 1. The molecule has 0 aliphatic rings. The van der Waals surface area contributed by atoms with Crippen molar-refractivity contribution in [1.29, 1.82) is 0 Å². The van der Waals surface area contributed by atoms with Gasteiger partial charge in [-0.1, -0.05) is 204 Å². The smallest absolute Gasteiger partial charge is 0.130 e. The Bertz CT molecular complexity index is 1850. The molecule has 0 saturated carbocycles. The molecule has 0 unspecified atom stereocenters. The third-order valence-electron chi connectivity index (χ3n) is 10.2. The minimum Gasteiger partial charge on any atom is -0.403 e. The van der Waals surface area contributed by atoms with Crippen molar-refractivity contribution in [2.75, 3.05) is 0 Å². The minimum atomic E-state index is 0.281. The first-order chi connectivity index (χ1) is 30.0. The summed E-state index contributed by atoms with van der Waals surface area (Å²) in [4.78, 5) is 29.1. The number of Topliss-reactive ketones (excluding diaryl/α,β-unsaturated/α-hetero) is 1. The van der Waals surface area contributed by atoms with Gasteiger partial charge in [0.2, 0.25) is 0 Å². The lowest BCUT2D eigenvalue weighted by Gasteiger charge is -2.19. The fourth-order valence-electron chi connectivity index (χ4n) is 6.50. The molecule has 0 fully saturated rings. The van der Waals surface area contributed by atoms with Gasteiger partial charge in [-0.15, -0.1) is 0 Å². The molecule has 1 heterocycles. The van der Waals surface area contributed by atoms with Gasteiger partial charge in [-0.2, -0.15) is 0 Å². The predicted octanol–water partition coefficient (Wildman–Crippen LogP) is 15.6. The number of carbonyl (C=O) groups excluding carboxylic acids is 2. The standard InChI is InChI=1S/C31H42N4.C12H16O.C9H14O.2C2H6/c1-6-8-10-22(3)24(5)34-29(20-32)27-16-12-25(13-17-27)26-14-18-28(19-15-26)30-21-33-31(35-30)23(4)11-9-7-2;1-10(8-11(2)13)9-12-6-4-3-5-7-12;1-3-5-6-9(4-2)7-8-10;2*1-2/h12-23,34H,5-11,32H2,1-4H3,(H,33,35);3-7,10H,8-9H2,1-2H3;3,5-6,8H,4,7H2,1-2H3;2*1-2H3/b29-20-;;5-3-,9-6+;;/t22-,23-;10-;;;/m01.../s1. The van der Waals surface area contributed by atoms with Gasteiger partial charge in [0.05, 0.1) is 17.6 Å². The summed E-state index contributed by atoms with van der Waals surface area (Å²) in [6.45, 7) is 28.9. The first-order valence-corrected chi connectivity index (χ1v) is 23.4. The number of benzene rings is 3. The van der Waals surface area contributed by atoms with Gasteiger partial charge in [-0.3, -0.25) is 0 Å². The van der Waals surface area contributed by atoms with Crippen LogP contribution in [0.1, 0.15) is 164 Å². The molecule has 62 heavy (non-hydrogen) atoms. The van der Waals surface area contributed by atoms with Gasteiger partial charge >= 0.3 is 0 Å². The van der Waals surface area contributed by atoms with Gasteiger partial charge < -0.3 is 25.6 Å². The first-order valence-electron chi connectivity index (χ1n) is 23.4. The molecule has 0 bridgehead atoms. The maximum atomic E-state index is 10.8. The largest absolute Gasteiger partial charge is 0.403 e. The number of aromatic nitrogens is 2. The zero-order valence-electron chi connectivity index (χ0n) is 40.8. The number of aromatic amines is 1. The number of carbonyl (C=O) groups is 2. The number of aldehydes is 1. The molecule has 4 aromatic rings. The minimum absolute atomic E-state index is 0.281. The lowest BCUT2D eigenvalue weighted by molar-refractivity contribution is -0.117. The summed E-state index contributed by atoms with van der Waals surface area (Å²) in [6, 6.07) is 27.5. The monoisotopic (exact) mass is 845 g/mol. The van der Waals surface area contributed by atoms with Crippen LogP contribution >= 0.6 is 0 Å². The molecule has 0 aliphatic heterocycles. The molecule has 0 saturated heterocycles. The molecule has 4 N–H and O–H groups in total. The van der Waals surface area contributed by atoms with Crippen LogP contribution < -0.4 is 11.1 Å². The fraction of sp³-hybridized carbons (Fsp3) is 0.446. The number of hydrogen-bond acceptors (Lipinski definition) is 5. The van der Waals surface area contributed by atoms with Gasteiger partial charge in [-0.25, -0.2) is 4.98 Å². The Morgan fingerprint density at radius 3 is 1.92 bits per heavy atom. The normalized spacial score (nSPS) is 12.4. The zero-order chi connectivity index (χ0) is 46.7. The average molecular weight is 845 g/mol. The molecular formula is C56H84N4O2. The fourth-order valence-corrected chi connectivity index (χ4v) is 6.50. The highest BCUT2D eigenvalue weighted by molar-refractivity contribution is 5.75. The van der Waals surface area contributed by atoms with Crippen LogP contribution in [0.2, 0.25) is 0 Å². The van der Waals surface area contributed by atoms with E-state index in [1.165, 1.54) is 54.4 Å². The Morgan fingerprint density at radius 1 is 0.839 bits per heavy atom. The van der Waals surface area contributed by atoms with E-state index in [2.05, 4.69) is 124 Å². The summed E-state index contributed by atoms with van der Waals surface area (Å²) < 4.78 is 0. The van der Waals surface area contributed by atoms with Crippen LogP contribution in [0.25, 0.3) is 28.1 Å². The first kappa shape index (κ1) is 56.8. The highest BCUT2D eigenvalue weighted by Crippen LogP contribution is 2.28. The number of imidazole rings is 1. The molecular weight excluding hydrogens is 761 g/mol. The number of unbranched alkanes of at least 4 members (excludes halogenated alkanes) is 2. The van der Waals surface area contributed by atoms with Crippen LogP contribution in [0.3, 0.4) is 0 Å². The summed E-state index contributed by atoms with van der Waals surface area (Å²) in [5.74, 6) is 2.68. The Balaban J connectivity index is 0.00000112. The average Bonchev–Trinajstić information content (AvgIpc) is 3.81. The maximum absolute atomic E-state index is 10.8. The highest BCUT2D eigenvalue weighted by atomic mass is 16.1. The second kappa shape index (κ2) is 35.4. The van der Waals surface area contributed by atoms with Crippen molar-refractivity contribution in [3.8, 4) is 22.4 Å². The van der Waals surface area contributed by atoms with Crippen LogP contribution in [0.5, 0.6) is 0 Å². The molecule has 0 aliphatic carbocycles. The number of nitrogens with one attached hydrogen (secondary N) is 2. The van der Waals surface area contributed by atoms with Gasteiger partial charge in [0.1, 0.15) is 17.9 Å².